The molecule has 0 unspecified atom stereocenters. The molecule has 0 radical (unpaired) electrons. The van der Waals surface area contributed by atoms with Gasteiger partial charge in [-0.25, -0.2) is 4.98 Å². The summed E-state index contributed by atoms with van der Waals surface area (Å²) in [5.41, 5.74) is 0. The Morgan fingerprint density at radius 3 is 2.81 bits per heavy atom. The molecule has 0 aliphatic rings. The lowest BCUT2D eigenvalue weighted by Crippen LogP contribution is -2.31. The summed E-state index contributed by atoms with van der Waals surface area (Å²) in [5.74, 6) is 0.961. The lowest BCUT2D eigenvalue weighted by atomic mass is 10.3. The first-order valence-corrected chi connectivity index (χ1v) is 6.67. The Hall–Kier alpha value is -0.970. The molecular weight excluding hydrogens is 222 g/mol. The second kappa shape index (κ2) is 5.94. The van der Waals surface area contributed by atoms with E-state index >= 15 is 0 Å². The number of imidazole rings is 1. The Labute approximate surface area is 101 Å². The fourth-order valence-corrected chi connectivity index (χ4v) is 1.67. The van der Waals surface area contributed by atoms with Crippen molar-refractivity contribution >= 4 is 17.7 Å². The summed E-state index contributed by atoms with van der Waals surface area (Å²) in [7, 11) is 0. The Kier molecular flexibility index (Phi) is 4.86. The number of hydrogen-bond acceptors (Lipinski definition) is 3. The van der Waals surface area contributed by atoms with E-state index in [0.717, 1.165) is 5.82 Å². The zero-order valence-electron chi connectivity index (χ0n) is 10.2. The van der Waals surface area contributed by atoms with Gasteiger partial charge in [-0.05, 0) is 27.0 Å². The lowest BCUT2D eigenvalue weighted by molar-refractivity contribution is -0.120. The molecule has 1 atom stereocenters. The number of hydrogen-bond donors (Lipinski definition) is 1. The van der Waals surface area contributed by atoms with Crippen molar-refractivity contribution in [2.24, 2.45) is 0 Å². The summed E-state index contributed by atoms with van der Waals surface area (Å²) in [6.07, 6.45) is 5.63. The monoisotopic (exact) mass is 241 g/mol. The van der Waals surface area contributed by atoms with E-state index in [0.29, 0.717) is 12.6 Å². The highest BCUT2D eigenvalue weighted by atomic mass is 32.2. The molecule has 0 aliphatic carbocycles. The molecule has 0 saturated heterocycles. The summed E-state index contributed by atoms with van der Waals surface area (Å²) < 4.78 is 2.06. The lowest BCUT2D eigenvalue weighted by Gasteiger charge is -2.13. The minimum Gasteiger partial charge on any atom is -0.348 e. The van der Waals surface area contributed by atoms with Crippen LogP contribution >= 0.6 is 11.8 Å². The number of carbonyl (C=O) groups is 1. The van der Waals surface area contributed by atoms with Crippen LogP contribution in [0.1, 0.15) is 32.6 Å². The van der Waals surface area contributed by atoms with E-state index in [-0.39, 0.29) is 11.2 Å². The average molecular weight is 241 g/mol. The SMILES string of the molecule is CS[C@H](C)C(=O)NCc1nccn1C(C)C. The standard InChI is InChI=1S/C11H19N3OS/c1-8(2)14-6-5-12-10(14)7-13-11(15)9(3)16-4/h5-6,8-9H,7H2,1-4H3,(H,13,15)/t9-/m1/s1. The first-order chi connectivity index (χ1) is 7.56. The van der Waals surface area contributed by atoms with Crippen molar-refractivity contribution in [2.75, 3.05) is 6.26 Å². The Morgan fingerprint density at radius 2 is 2.25 bits per heavy atom. The fourth-order valence-electron chi connectivity index (χ4n) is 1.37. The van der Waals surface area contributed by atoms with Crippen LogP contribution in [-0.2, 0) is 11.3 Å². The van der Waals surface area contributed by atoms with Crippen molar-refractivity contribution in [3.8, 4) is 0 Å². The molecule has 5 heteroatoms. The van der Waals surface area contributed by atoms with Crippen LogP contribution < -0.4 is 5.32 Å². The third-order valence-electron chi connectivity index (χ3n) is 2.45. The maximum atomic E-state index is 11.6. The van der Waals surface area contributed by atoms with Crippen LogP contribution in [0.3, 0.4) is 0 Å². The van der Waals surface area contributed by atoms with E-state index in [2.05, 4.69) is 28.7 Å². The van der Waals surface area contributed by atoms with E-state index in [1.54, 1.807) is 18.0 Å². The number of nitrogens with one attached hydrogen (secondary N) is 1. The predicted molar refractivity (Wildman–Crippen MR) is 67.4 cm³/mol. The largest absolute Gasteiger partial charge is 0.348 e. The van der Waals surface area contributed by atoms with Crippen molar-refractivity contribution in [3.05, 3.63) is 18.2 Å². The molecule has 0 aliphatic heterocycles. The van der Waals surface area contributed by atoms with Gasteiger partial charge in [-0.2, -0.15) is 11.8 Å². The molecular formula is C11H19N3OS. The smallest absolute Gasteiger partial charge is 0.233 e. The van der Waals surface area contributed by atoms with Crippen LogP contribution in [0.25, 0.3) is 0 Å². The van der Waals surface area contributed by atoms with Crippen molar-refractivity contribution in [3.63, 3.8) is 0 Å². The van der Waals surface area contributed by atoms with Gasteiger partial charge in [-0.3, -0.25) is 4.79 Å². The highest BCUT2D eigenvalue weighted by Crippen LogP contribution is 2.08. The van der Waals surface area contributed by atoms with Crippen LogP contribution in [0.5, 0.6) is 0 Å². The van der Waals surface area contributed by atoms with E-state index < -0.39 is 0 Å². The van der Waals surface area contributed by atoms with Crippen LogP contribution in [0.15, 0.2) is 12.4 Å². The van der Waals surface area contributed by atoms with Crippen molar-refractivity contribution in [1.29, 1.82) is 0 Å². The summed E-state index contributed by atoms with van der Waals surface area (Å²) in [6.45, 7) is 6.58. The van der Waals surface area contributed by atoms with Gasteiger partial charge in [0.25, 0.3) is 0 Å². The predicted octanol–water partition coefficient (Wildman–Crippen LogP) is 1.83. The summed E-state index contributed by atoms with van der Waals surface area (Å²) in [6, 6.07) is 0.368. The van der Waals surface area contributed by atoms with Gasteiger partial charge < -0.3 is 9.88 Å². The zero-order valence-corrected chi connectivity index (χ0v) is 11.0. The minimum absolute atomic E-state index is 0.0116. The third-order valence-corrected chi connectivity index (χ3v) is 3.37. The van der Waals surface area contributed by atoms with Gasteiger partial charge in [0.2, 0.25) is 5.91 Å². The van der Waals surface area contributed by atoms with Crippen LogP contribution in [0, 0.1) is 0 Å². The number of thioether (sulfide) groups is 1. The van der Waals surface area contributed by atoms with Gasteiger partial charge in [0.1, 0.15) is 5.82 Å². The first kappa shape index (κ1) is 13.1. The number of rotatable bonds is 5. The number of aromatic nitrogens is 2. The first-order valence-electron chi connectivity index (χ1n) is 5.38. The maximum absolute atomic E-state index is 11.6. The molecule has 90 valence electrons. The molecule has 1 aromatic heterocycles. The van der Waals surface area contributed by atoms with Crippen LogP contribution in [0.4, 0.5) is 0 Å². The molecule has 1 aromatic rings. The second-order valence-corrected chi connectivity index (χ2v) is 5.12. The Morgan fingerprint density at radius 1 is 1.56 bits per heavy atom. The van der Waals surface area contributed by atoms with Crippen molar-refractivity contribution < 1.29 is 4.79 Å². The van der Waals surface area contributed by atoms with E-state index in [1.165, 1.54) is 0 Å². The van der Waals surface area contributed by atoms with Gasteiger partial charge in [-0.1, -0.05) is 0 Å². The van der Waals surface area contributed by atoms with Gasteiger partial charge in [0, 0.05) is 18.4 Å². The molecule has 16 heavy (non-hydrogen) atoms. The van der Waals surface area contributed by atoms with Crippen molar-refractivity contribution in [2.45, 2.75) is 38.6 Å². The topological polar surface area (TPSA) is 46.9 Å². The Bertz CT molecular complexity index is 349. The summed E-state index contributed by atoms with van der Waals surface area (Å²) in [4.78, 5) is 15.8. The number of nitrogens with zero attached hydrogens (tertiary/aromatic N) is 2. The van der Waals surface area contributed by atoms with Crippen molar-refractivity contribution in [1.82, 2.24) is 14.9 Å². The van der Waals surface area contributed by atoms with Gasteiger partial charge in [-0.15, -0.1) is 0 Å². The van der Waals surface area contributed by atoms with E-state index in [9.17, 15) is 4.79 Å². The Balaban J connectivity index is 2.54. The highest BCUT2D eigenvalue weighted by Gasteiger charge is 2.12. The minimum atomic E-state index is -0.0116. The molecule has 4 nitrogen and oxygen atoms in total. The molecule has 1 heterocycles. The molecule has 0 aromatic carbocycles. The van der Waals surface area contributed by atoms with Crippen LogP contribution in [-0.4, -0.2) is 27.0 Å². The number of carbonyl (C=O) groups excluding carboxylic acids is 1. The quantitative estimate of drug-likeness (QED) is 0.855. The molecule has 0 spiro atoms. The average Bonchev–Trinajstić information content (AvgIpc) is 2.72. The zero-order chi connectivity index (χ0) is 12.1. The summed E-state index contributed by atoms with van der Waals surface area (Å²) in [5, 5.41) is 2.88. The second-order valence-electron chi connectivity index (χ2n) is 3.94. The van der Waals surface area contributed by atoms with Gasteiger partial charge >= 0.3 is 0 Å². The third kappa shape index (κ3) is 3.27. The molecule has 1 amide bonds. The van der Waals surface area contributed by atoms with E-state index in [4.69, 9.17) is 0 Å². The molecule has 1 N–H and O–H groups in total. The summed E-state index contributed by atoms with van der Waals surface area (Å²) >= 11 is 1.54. The van der Waals surface area contributed by atoms with Gasteiger partial charge in [0.05, 0.1) is 11.8 Å². The molecule has 0 fully saturated rings. The molecule has 0 bridgehead atoms. The van der Waals surface area contributed by atoms with Crippen LogP contribution in [0.2, 0.25) is 0 Å². The highest BCUT2D eigenvalue weighted by molar-refractivity contribution is 7.99. The maximum Gasteiger partial charge on any atom is 0.233 e. The van der Waals surface area contributed by atoms with E-state index in [1.807, 2.05) is 19.4 Å². The fraction of sp³-hybridized carbons (Fsp3) is 0.636. The van der Waals surface area contributed by atoms with Gasteiger partial charge in [0.15, 0.2) is 0 Å². The number of amides is 1. The molecule has 1 rings (SSSR count). The normalized spacial score (nSPS) is 12.8. The molecule has 0 saturated carbocycles.